The Balaban J connectivity index is 1.39. The zero-order valence-electron chi connectivity index (χ0n) is 16.6. The molecule has 1 atom stereocenters. The zero-order valence-corrected chi connectivity index (χ0v) is 17.4. The second-order valence-corrected chi connectivity index (χ2v) is 8.54. The van der Waals surface area contributed by atoms with Crippen LogP contribution in [0, 0.1) is 13.8 Å². The average Bonchev–Trinajstić information content (AvgIpc) is 3.46. The van der Waals surface area contributed by atoms with Gasteiger partial charge in [-0.15, -0.1) is 11.3 Å². The van der Waals surface area contributed by atoms with E-state index in [9.17, 15) is 0 Å². The quantitative estimate of drug-likeness (QED) is 0.470. The molecule has 0 bridgehead atoms. The van der Waals surface area contributed by atoms with Crippen LogP contribution in [0.5, 0.6) is 0 Å². The summed E-state index contributed by atoms with van der Waals surface area (Å²) in [7, 11) is 0. The lowest BCUT2D eigenvalue weighted by Crippen LogP contribution is -2.17. The lowest BCUT2D eigenvalue weighted by atomic mass is 9.97. The Morgan fingerprint density at radius 1 is 1.17 bits per heavy atom. The minimum Gasteiger partial charge on any atom is -0.306 e. The standard InChI is InChI=1S/C23H23N5S/c1-16-13-18(7-9-20(16)27-14-17(2)24-15-27)8-10-22-25-23-19(21-6-4-12-29-21)5-3-11-28(23)26-22/h4,6-10,12-15,19H,3,5,11H2,1-2H3/b10-8+/t19-/m0/s1. The molecule has 0 aliphatic carbocycles. The Morgan fingerprint density at radius 3 is 2.86 bits per heavy atom. The van der Waals surface area contributed by atoms with Gasteiger partial charge in [-0.25, -0.2) is 14.6 Å². The van der Waals surface area contributed by atoms with Crippen LogP contribution in [0.25, 0.3) is 17.8 Å². The third-order valence-electron chi connectivity index (χ3n) is 5.41. The Hall–Kier alpha value is -2.99. The van der Waals surface area contributed by atoms with E-state index >= 15 is 0 Å². The van der Waals surface area contributed by atoms with Gasteiger partial charge in [0.15, 0.2) is 5.82 Å². The third kappa shape index (κ3) is 3.56. The van der Waals surface area contributed by atoms with Crippen LogP contribution in [0.3, 0.4) is 0 Å². The predicted octanol–water partition coefficient (Wildman–Crippen LogP) is 5.24. The van der Waals surface area contributed by atoms with Crippen LogP contribution in [0.4, 0.5) is 0 Å². The highest BCUT2D eigenvalue weighted by Gasteiger charge is 2.25. The number of hydrogen-bond acceptors (Lipinski definition) is 4. The van der Waals surface area contributed by atoms with E-state index in [1.165, 1.54) is 10.4 Å². The summed E-state index contributed by atoms with van der Waals surface area (Å²) in [6, 6.07) is 10.8. The van der Waals surface area contributed by atoms with Crippen molar-refractivity contribution in [2.24, 2.45) is 0 Å². The van der Waals surface area contributed by atoms with Crippen LogP contribution in [-0.4, -0.2) is 24.3 Å². The highest BCUT2D eigenvalue weighted by Crippen LogP contribution is 2.34. The summed E-state index contributed by atoms with van der Waals surface area (Å²) in [5, 5.41) is 6.87. The molecule has 6 heteroatoms. The van der Waals surface area contributed by atoms with Crippen molar-refractivity contribution in [3.8, 4) is 5.69 Å². The van der Waals surface area contributed by atoms with Crippen molar-refractivity contribution < 1.29 is 0 Å². The summed E-state index contributed by atoms with van der Waals surface area (Å²) in [5.74, 6) is 2.26. The summed E-state index contributed by atoms with van der Waals surface area (Å²) in [4.78, 5) is 10.6. The van der Waals surface area contributed by atoms with Crippen molar-refractivity contribution >= 4 is 23.5 Å². The molecule has 0 fully saturated rings. The number of nitrogens with zero attached hydrogens (tertiary/aromatic N) is 5. The fourth-order valence-corrected chi connectivity index (χ4v) is 4.85. The second-order valence-electron chi connectivity index (χ2n) is 7.56. The highest BCUT2D eigenvalue weighted by molar-refractivity contribution is 7.10. The summed E-state index contributed by atoms with van der Waals surface area (Å²) < 4.78 is 4.15. The monoisotopic (exact) mass is 401 g/mol. The maximum Gasteiger partial charge on any atom is 0.174 e. The van der Waals surface area contributed by atoms with Gasteiger partial charge < -0.3 is 4.57 Å². The first kappa shape index (κ1) is 18.1. The molecule has 0 unspecified atom stereocenters. The molecule has 0 radical (unpaired) electrons. The predicted molar refractivity (Wildman–Crippen MR) is 117 cm³/mol. The topological polar surface area (TPSA) is 48.5 Å². The Morgan fingerprint density at radius 2 is 2.10 bits per heavy atom. The lowest BCUT2D eigenvalue weighted by Gasteiger charge is -2.20. The molecular weight excluding hydrogens is 378 g/mol. The Bertz CT molecular complexity index is 1170. The summed E-state index contributed by atoms with van der Waals surface area (Å²) in [6.45, 7) is 5.08. The van der Waals surface area contributed by atoms with Gasteiger partial charge in [0.2, 0.25) is 0 Å². The number of thiophene rings is 1. The molecular formula is C23H23N5S. The fourth-order valence-electron chi connectivity index (χ4n) is 3.99. The molecule has 5 nitrogen and oxygen atoms in total. The normalized spacial score (nSPS) is 16.4. The number of benzene rings is 1. The molecule has 4 heterocycles. The summed E-state index contributed by atoms with van der Waals surface area (Å²) >= 11 is 1.81. The van der Waals surface area contributed by atoms with Crippen molar-refractivity contribution in [1.29, 1.82) is 0 Å². The highest BCUT2D eigenvalue weighted by atomic mass is 32.1. The minimum absolute atomic E-state index is 0.374. The summed E-state index contributed by atoms with van der Waals surface area (Å²) in [5.41, 5.74) is 4.52. The van der Waals surface area contributed by atoms with Gasteiger partial charge in [-0.3, -0.25) is 0 Å². The molecule has 0 saturated carbocycles. The van der Waals surface area contributed by atoms with Crippen molar-refractivity contribution in [2.45, 2.75) is 39.2 Å². The smallest absolute Gasteiger partial charge is 0.174 e. The van der Waals surface area contributed by atoms with Crippen LogP contribution in [-0.2, 0) is 6.54 Å². The molecule has 1 aliphatic rings. The maximum atomic E-state index is 4.85. The van der Waals surface area contributed by atoms with Crippen molar-refractivity contribution in [3.05, 3.63) is 81.6 Å². The SMILES string of the molecule is Cc1cn(-c2ccc(/C=C/c3nc4n(n3)CCC[C@H]4c3cccs3)cc2C)cn1. The van der Waals surface area contributed by atoms with Crippen molar-refractivity contribution in [2.75, 3.05) is 0 Å². The molecule has 0 N–H and O–H groups in total. The number of imidazole rings is 1. The van der Waals surface area contributed by atoms with Crippen LogP contribution < -0.4 is 0 Å². The van der Waals surface area contributed by atoms with Crippen LogP contribution in [0.1, 0.15) is 52.1 Å². The average molecular weight is 402 g/mol. The largest absolute Gasteiger partial charge is 0.306 e. The van der Waals surface area contributed by atoms with Gasteiger partial charge in [-0.1, -0.05) is 18.2 Å². The van der Waals surface area contributed by atoms with Crippen LogP contribution in [0.2, 0.25) is 0 Å². The number of hydrogen-bond donors (Lipinski definition) is 0. The van der Waals surface area contributed by atoms with E-state index in [0.717, 1.165) is 48.0 Å². The van der Waals surface area contributed by atoms with Crippen molar-refractivity contribution in [3.63, 3.8) is 0 Å². The first-order valence-corrected chi connectivity index (χ1v) is 10.8. The Kier molecular flexibility index (Phi) is 4.64. The van der Waals surface area contributed by atoms with Gasteiger partial charge >= 0.3 is 0 Å². The van der Waals surface area contributed by atoms with E-state index in [0.29, 0.717) is 5.92 Å². The van der Waals surface area contributed by atoms with E-state index in [2.05, 4.69) is 62.9 Å². The molecule has 146 valence electrons. The van der Waals surface area contributed by atoms with Crippen LogP contribution in [0.15, 0.2) is 48.2 Å². The second kappa shape index (κ2) is 7.44. The van der Waals surface area contributed by atoms with E-state index in [1.54, 1.807) is 0 Å². The molecule has 3 aromatic heterocycles. The number of aryl methyl sites for hydroxylation is 3. The van der Waals surface area contributed by atoms with Gasteiger partial charge in [0.05, 0.1) is 17.9 Å². The first-order chi connectivity index (χ1) is 14.2. The summed E-state index contributed by atoms with van der Waals surface area (Å²) in [6.07, 6.45) is 10.3. The minimum atomic E-state index is 0.374. The zero-order chi connectivity index (χ0) is 19.8. The van der Waals surface area contributed by atoms with E-state index in [4.69, 9.17) is 10.1 Å². The molecule has 0 saturated heterocycles. The molecule has 5 rings (SSSR count). The van der Waals surface area contributed by atoms with Gasteiger partial charge in [0.1, 0.15) is 5.82 Å². The van der Waals surface area contributed by atoms with E-state index in [-0.39, 0.29) is 0 Å². The van der Waals surface area contributed by atoms with E-state index in [1.807, 2.05) is 36.9 Å². The number of aromatic nitrogens is 5. The Labute approximate surface area is 174 Å². The number of fused-ring (bicyclic) bond motifs is 1. The van der Waals surface area contributed by atoms with Gasteiger partial charge in [-0.2, -0.15) is 5.10 Å². The first-order valence-electron chi connectivity index (χ1n) is 9.95. The molecule has 0 spiro atoms. The number of rotatable bonds is 4. The van der Waals surface area contributed by atoms with Gasteiger partial charge in [-0.05, 0) is 67.5 Å². The molecule has 1 aliphatic heterocycles. The molecule has 1 aromatic carbocycles. The lowest BCUT2D eigenvalue weighted by molar-refractivity contribution is 0.448. The molecule has 29 heavy (non-hydrogen) atoms. The van der Waals surface area contributed by atoms with Crippen LogP contribution >= 0.6 is 11.3 Å². The van der Waals surface area contributed by atoms with E-state index < -0.39 is 0 Å². The fraction of sp³-hybridized carbons (Fsp3) is 0.261. The van der Waals surface area contributed by atoms with Gasteiger partial charge in [0, 0.05) is 23.3 Å². The van der Waals surface area contributed by atoms with Crippen molar-refractivity contribution in [1.82, 2.24) is 24.3 Å². The van der Waals surface area contributed by atoms with Gasteiger partial charge in [0.25, 0.3) is 0 Å². The maximum absolute atomic E-state index is 4.85. The molecule has 0 amide bonds. The molecule has 4 aromatic rings. The third-order valence-corrected chi connectivity index (χ3v) is 6.40.